The molecule has 3 heterocycles. The van der Waals surface area contributed by atoms with Crippen molar-refractivity contribution < 1.29 is 0 Å². The average Bonchev–Trinajstić information content (AvgIpc) is 2.84. The fourth-order valence-corrected chi connectivity index (χ4v) is 2.82. The first-order chi connectivity index (χ1) is 9.26. The molecule has 1 aliphatic rings. The molecule has 2 aromatic rings. The summed E-state index contributed by atoms with van der Waals surface area (Å²) in [6, 6.07) is 5.72. The Bertz CT molecular complexity index is 554. The summed E-state index contributed by atoms with van der Waals surface area (Å²) in [6.45, 7) is 5.80. The molecule has 0 spiro atoms. The lowest BCUT2D eigenvalue weighted by Crippen LogP contribution is -2.34. The van der Waals surface area contributed by atoms with Crippen LogP contribution in [0.15, 0.2) is 18.2 Å². The van der Waals surface area contributed by atoms with Crippen LogP contribution >= 0.6 is 0 Å². The smallest absolute Gasteiger partial charge is 0.157 e. The number of rotatable bonds is 3. The lowest BCUT2D eigenvalue weighted by molar-refractivity contribution is 0.191. The summed E-state index contributed by atoms with van der Waals surface area (Å²) >= 11 is 0. The maximum atomic E-state index is 5.89. The van der Waals surface area contributed by atoms with Crippen molar-refractivity contribution in [2.24, 2.45) is 5.92 Å². The lowest BCUT2D eigenvalue weighted by Gasteiger charge is -2.30. The molecule has 0 bridgehead atoms. The largest absolute Gasteiger partial charge is 0.384 e. The lowest BCUT2D eigenvalue weighted by atomic mass is 9.93. The third kappa shape index (κ3) is 2.56. The maximum Gasteiger partial charge on any atom is 0.157 e. The fourth-order valence-electron chi connectivity index (χ4n) is 2.82. The molecule has 5 nitrogen and oxygen atoms in total. The van der Waals surface area contributed by atoms with Gasteiger partial charge in [0, 0.05) is 6.42 Å². The molecular formula is C14H21N5. The zero-order valence-corrected chi connectivity index (χ0v) is 11.4. The second kappa shape index (κ2) is 5.17. The molecule has 1 saturated heterocycles. The highest BCUT2D eigenvalue weighted by atomic mass is 15.3. The summed E-state index contributed by atoms with van der Waals surface area (Å²) in [4.78, 5) is 7.07. The third-order valence-electron chi connectivity index (χ3n) is 4.06. The first-order valence-electron chi connectivity index (χ1n) is 7.08. The van der Waals surface area contributed by atoms with Crippen LogP contribution in [0, 0.1) is 5.92 Å². The molecule has 5 heteroatoms. The van der Waals surface area contributed by atoms with E-state index in [4.69, 9.17) is 5.73 Å². The highest BCUT2D eigenvalue weighted by Gasteiger charge is 2.20. The van der Waals surface area contributed by atoms with Gasteiger partial charge < -0.3 is 10.6 Å². The maximum absolute atomic E-state index is 5.89. The van der Waals surface area contributed by atoms with E-state index in [1.54, 1.807) is 4.52 Å². The Kier molecular flexibility index (Phi) is 3.38. The quantitative estimate of drug-likeness (QED) is 0.909. The van der Waals surface area contributed by atoms with Gasteiger partial charge in [-0.1, -0.05) is 13.0 Å². The van der Waals surface area contributed by atoms with E-state index in [2.05, 4.69) is 21.9 Å². The van der Waals surface area contributed by atoms with Gasteiger partial charge in [0.05, 0.1) is 0 Å². The Labute approximate surface area is 113 Å². The number of nitrogens with two attached hydrogens (primary N) is 1. The number of hydrogen-bond donors (Lipinski definition) is 1. The number of likely N-dealkylation sites (tertiary alicyclic amines) is 1. The van der Waals surface area contributed by atoms with Gasteiger partial charge in [-0.25, -0.2) is 4.98 Å². The first-order valence-corrected chi connectivity index (χ1v) is 7.08. The molecule has 2 N–H and O–H groups in total. The molecule has 1 aliphatic heterocycles. The number of hydrogen-bond acceptors (Lipinski definition) is 4. The van der Waals surface area contributed by atoms with Crippen LogP contribution in [0.5, 0.6) is 0 Å². The minimum Gasteiger partial charge on any atom is -0.384 e. The van der Waals surface area contributed by atoms with Crippen molar-refractivity contribution in [2.45, 2.75) is 26.2 Å². The first kappa shape index (κ1) is 12.4. The topological polar surface area (TPSA) is 59.5 Å². The molecule has 0 aliphatic carbocycles. The van der Waals surface area contributed by atoms with Crippen molar-refractivity contribution in [3.8, 4) is 0 Å². The van der Waals surface area contributed by atoms with Gasteiger partial charge in [-0.3, -0.25) is 0 Å². The van der Waals surface area contributed by atoms with Crippen LogP contribution in [0.2, 0.25) is 0 Å². The predicted octanol–water partition coefficient (Wildman–Crippen LogP) is 1.59. The van der Waals surface area contributed by atoms with Gasteiger partial charge >= 0.3 is 0 Å². The Balaban J connectivity index is 1.70. The monoisotopic (exact) mass is 259 g/mol. The molecule has 0 aromatic carbocycles. The van der Waals surface area contributed by atoms with Gasteiger partial charge in [0.1, 0.15) is 5.82 Å². The number of aromatic nitrogens is 3. The van der Waals surface area contributed by atoms with Crippen LogP contribution in [-0.4, -0.2) is 39.1 Å². The second-order valence-corrected chi connectivity index (χ2v) is 5.33. The van der Waals surface area contributed by atoms with Gasteiger partial charge in [0.2, 0.25) is 0 Å². The normalized spacial score (nSPS) is 18.2. The van der Waals surface area contributed by atoms with E-state index in [9.17, 15) is 0 Å². The molecule has 0 saturated carbocycles. The van der Waals surface area contributed by atoms with Crippen molar-refractivity contribution in [1.82, 2.24) is 19.5 Å². The number of fused-ring (bicyclic) bond motifs is 1. The number of nitrogens with zero attached hydrogens (tertiary/aromatic N) is 4. The molecule has 3 rings (SSSR count). The Morgan fingerprint density at radius 1 is 1.32 bits per heavy atom. The predicted molar refractivity (Wildman–Crippen MR) is 75.9 cm³/mol. The van der Waals surface area contributed by atoms with Gasteiger partial charge in [0.15, 0.2) is 11.5 Å². The van der Waals surface area contributed by atoms with E-state index in [1.807, 2.05) is 18.2 Å². The second-order valence-electron chi connectivity index (χ2n) is 5.33. The summed E-state index contributed by atoms with van der Waals surface area (Å²) in [7, 11) is 0. The minimum atomic E-state index is 0.650. The molecular weight excluding hydrogens is 238 g/mol. The Morgan fingerprint density at radius 3 is 2.79 bits per heavy atom. The van der Waals surface area contributed by atoms with Crippen LogP contribution in [0.25, 0.3) is 5.65 Å². The molecule has 2 aromatic heterocycles. The molecule has 0 atom stereocenters. The van der Waals surface area contributed by atoms with Gasteiger partial charge in [-0.05, 0) is 50.5 Å². The third-order valence-corrected chi connectivity index (χ3v) is 4.06. The molecule has 102 valence electrons. The summed E-state index contributed by atoms with van der Waals surface area (Å²) in [6.07, 6.45) is 3.47. The summed E-state index contributed by atoms with van der Waals surface area (Å²) in [5.41, 5.74) is 6.74. The van der Waals surface area contributed by atoms with E-state index in [1.165, 1.54) is 25.9 Å². The molecule has 19 heavy (non-hydrogen) atoms. The standard InChI is InChI=1S/C14H21N5/c1-2-18-8-6-11(7-9-18)10-13-16-14-5-3-4-12(15)19(14)17-13/h3-5,11H,2,6-10,15H2,1H3. The SMILES string of the molecule is CCN1CCC(Cc2nc3cccc(N)n3n2)CC1. The highest BCUT2D eigenvalue weighted by molar-refractivity contribution is 5.45. The van der Waals surface area contributed by atoms with E-state index >= 15 is 0 Å². The van der Waals surface area contributed by atoms with E-state index < -0.39 is 0 Å². The molecule has 0 unspecified atom stereocenters. The summed E-state index contributed by atoms with van der Waals surface area (Å²) < 4.78 is 1.73. The zero-order chi connectivity index (χ0) is 13.2. The van der Waals surface area contributed by atoms with Crippen molar-refractivity contribution in [1.29, 1.82) is 0 Å². The number of piperidine rings is 1. The van der Waals surface area contributed by atoms with E-state index in [0.29, 0.717) is 11.7 Å². The number of nitrogen functional groups attached to an aromatic ring is 1. The van der Waals surface area contributed by atoms with Crippen molar-refractivity contribution in [3.63, 3.8) is 0 Å². The Hall–Kier alpha value is -1.62. The van der Waals surface area contributed by atoms with Crippen molar-refractivity contribution >= 4 is 11.5 Å². The summed E-state index contributed by atoms with van der Waals surface area (Å²) in [5.74, 6) is 2.28. The van der Waals surface area contributed by atoms with E-state index in [0.717, 1.165) is 24.4 Å². The number of pyridine rings is 1. The molecule has 0 amide bonds. The zero-order valence-electron chi connectivity index (χ0n) is 11.4. The summed E-state index contributed by atoms with van der Waals surface area (Å²) in [5, 5.41) is 4.51. The van der Waals surface area contributed by atoms with Crippen LogP contribution in [0.4, 0.5) is 5.82 Å². The Morgan fingerprint density at radius 2 is 2.11 bits per heavy atom. The van der Waals surface area contributed by atoms with Gasteiger partial charge in [0.25, 0.3) is 0 Å². The fraction of sp³-hybridized carbons (Fsp3) is 0.571. The van der Waals surface area contributed by atoms with Crippen LogP contribution in [-0.2, 0) is 6.42 Å². The van der Waals surface area contributed by atoms with Gasteiger partial charge in [-0.15, -0.1) is 5.10 Å². The van der Waals surface area contributed by atoms with Crippen molar-refractivity contribution in [3.05, 3.63) is 24.0 Å². The van der Waals surface area contributed by atoms with E-state index in [-0.39, 0.29) is 0 Å². The van der Waals surface area contributed by atoms with Crippen LogP contribution < -0.4 is 5.73 Å². The van der Waals surface area contributed by atoms with Gasteiger partial charge in [-0.2, -0.15) is 4.52 Å². The average molecular weight is 259 g/mol. The van der Waals surface area contributed by atoms with Crippen LogP contribution in [0.3, 0.4) is 0 Å². The molecule has 1 fully saturated rings. The minimum absolute atomic E-state index is 0.650. The molecule has 0 radical (unpaired) electrons. The number of anilines is 1. The van der Waals surface area contributed by atoms with Crippen LogP contribution in [0.1, 0.15) is 25.6 Å². The highest BCUT2D eigenvalue weighted by Crippen LogP contribution is 2.20. The van der Waals surface area contributed by atoms with Crippen molar-refractivity contribution in [2.75, 3.05) is 25.4 Å².